The van der Waals surface area contributed by atoms with Crippen LogP contribution in [0.1, 0.15) is 19.4 Å². The number of hydrogen-bond acceptors (Lipinski definition) is 2. The highest BCUT2D eigenvalue weighted by Crippen LogP contribution is 2.26. The second kappa shape index (κ2) is 3.62. The van der Waals surface area contributed by atoms with Crippen molar-refractivity contribution < 1.29 is 4.74 Å². The number of nitrogens with zero attached hydrogens (tertiary/aromatic N) is 1. The summed E-state index contributed by atoms with van der Waals surface area (Å²) in [6.07, 6.45) is 0.0624. The van der Waals surface area contributed by atoms with Gasteiger partial charge < -0.3 is 4.74 Å². The van der Waals surface area contributed by atoms with Crippen LogP contribution in [0, 0.1) is 0 Å². The van der Waals surface area contributed by atoms with Crippen molar-refractivity contribution >= 4 is 16.8 Å². The highest BCUT2D eigenvalue weighted by atomic mass is 35.5. The van der Waals surface area contributed by atoms with Crippen LogP contribution in [0.4, 0.5) is 0 Å². The molecule has 0 saturated carbocycles. The first-order valence-electron chi connectivity index (χ1n) is 4.68. The van der Waals surface area contributed by atoms with E-state index in [1.54, 1.807) is 0 Å². The molecule has 0 fully saturated rings. The second-order valence-electron chi connectivity index (χ2n) is 3.48. The van der Waals surface area contributed by atoms with Gasteiger partial charge in [0, 0.05) is 0 Å². The number of halogens is 1. The van der Waals surface area contributed by atoms with E-state index >= 15 is 0 Å². The summed E-state index contributed by atoms with van der Waals surface area (Å²) in [6, 6.07) is 7.80. The van der Waals surface area contributed by atoms with Gasteiger partial charge in [-0.2, -0.15) is 0 Å². The molecule has 0 unspecified atom stereocenters. The molecule has 0 amide bonds. The number of ether oxygens (including phenoxy) is 1. The van der Waals surface area contributed by atoms with Crippen molar-refractivity contribution in [3.63, 3.8) is 0 Å². The zero-order valence-corrected chi connectivity index (χ0v) is 8.95. The molecule has 0 radical (unpaired) electrons. The monoisotopic (exact) mass is 209 g/mol. The predicted molar refractivity (Wildman–Crippen MR) is 58.4 cm³/mol. The van der Waals surface area contributed by atoms with Crippen LogP contribution in [0.2, 0.25) is 0 Å². The second-order valence-corrected chi connectivity index (χ2v) is 3.84. The van der Waals surface area contributed by atoms with E-state index in [0.29, 0.717) is 5.17 Å². The minimum Gasteiger partial charge on any atom is -0.488 e. The van der Waals surface area contributed by atoms with Crippen LogP contribution in [-0.2, 0) is 0 Å². The van der Waals surface area contributed by atoms with Gasteiger partial charge in [-0.1, -0.05) is 23.7 Å². The maximum Gasteiger partial charge on any atom is 0.135 e. The van der Waals surface area contributed by atoms with Crippen LogP contribution >= 0.6 is 11.6 Å². The van der Waals surface area contributed by atoms with Crippen LogP contribution in [0.5, 0.6) is 5.75 Å². The molecule has 2 rings (SSSR count). The highest BCUT2D eigenvalue weighted by molar-refractivity contribution is 6.70. The molecule has 0 aromatic heterocycles. The van der Waals surface area contributed by atoms with Crippen molar-refractivity contribution in [2.45, 2.75) is 26.0 Å². The minimum atomic E-state index is 0.0624. The molecule has 1 aromatic rings. The van der Waals surface area contributed by atoms with Crippen LogP contribution in [0.25, 0.3) is 0 Å². The molecule has 0 bridgehead atoms. The zero-order chi connectivity index (χ0) is 10.1. The fraction of sp³-hybridized carbons (Fsp3) is 0.364. The molecule has 74 valence electrons. The van der Waals surface area contributed by atoms with Crippen molar-refractivity contribution in [3.8, 4) is 5.75 Å². The molecule has 2 nitrogen and oxygen atoms in total. The Morgan fingerprint density at radius 3 is 2.79 bits per heavy atom. The third-order valence-electron chi connectivity index (χ3n) is 2.42. The molecule has 1 aromatic carbocycles. The summed E-state index contributed by atoms with van der Waals surface area (Å²) in [6.45, 7) is 4.00. The smallest absolute Gasteiger partial charge is 0.135 e. The molecule has 0 aliphatic carbocycles. The Morgan fingerprint density at radius 2 is 2.00 bits per heavy atom. The van der Waals surface area contributed by atoms with Crippen molar-refractivity contribution in [1.29, 1.82) is 0 Å². The molecule has 0 spiro atoms. The first-order valence-corrected chi connectivity index (χ1v) is 5.05. The molecular formula is C11H12ClNO. The SMILES string of the molecule is C[C@@H]1N=C(Cl)c2ccccc2O[C@H]1C. The van der Waals surface area contributed by atoms with Crippen LogP contribution in [0.3, 0.4) is 0 Å². The molecule has 0 saturated heterocycles. The average molecular weight is 210 g/mol. The van der Waals surface area contributed by atoms with E-state index in [1.807, 2.05) is 38.1 Å². The van der Waals surface area contributed by atoms with Crippen LogP contribution in [0.15, 0.2) is 29.3 Å². The maximum absolute atomic E-state index is 6.08. The van der Waals surface area contributed by atoms with E-state index in [4.69, 9.17) is 16.3 Å². The fourth-order valence-corrected chi connectivity index (χ4v) is 1.70. The molecular weight excluding hydrogens is 198 g/mol. The first-order chi connectivity index (χ1) is 6.68. The van der Waals surface area contributed by atoms with Crippen LogP contribution in [-0.4, -0.2) is 17.3 Å². The van der Waals surface area contributed by atoms with Gasteiger partial charge in [-0.15, -0.1) is 0 Å². The van der Waals surface area contributed by atoms with Crippen LogP contribution < -0.4 is 4.74 Å². The topological polar surface area (TPSA) is 21.6 Å². The first kappa shape index (κ1) is 9.53. The Hall–Kier alpha value is -1.02. The number of hydrogen-bond donors (Lipinski definition) is 0. The Morgan fingerprint density at radius 1 is 1.29 bits per heavy atom. The van der Waals surface area contributed by atoms with Gasteiger partial charge in [-0.05, 0) is 26.0 Å². The molecule has 14 heavy (non-hydrogen) atoms. The van der Waals surface area contributed by atoms with Gasteiger partial charge >= 0.3 is 0 Å². The number of para-hydroxylation sites is 1. The lowest BCUT2D eigenvalue weighted by Gasteiger charge is -2.15. The Balaban J connectivity index is 2.50. The lowest BCUT2D eigenvalue weighted by Crippen LogP contribution is -2.23. The number of rotatable bonds is 0. The summed E-state index contributed by atoms with van der Waals surface area (Å²) in [7, 11) is 0. The van der Waals surface area contributed by atoms with Gasteiger partial charge in [0.15, 0.2) is 0 Å². The molecule has 1 heterocycles. The molecule has 0 N–H and O–H groups in total. The van der Waals surface area contributed by atoms with Gasteiger partial charge in [-0.25, -0.2) is 0 Å². The summed E-state index contributed by atoms with van der Waals surface area (Å²) in [4.78, 5) is 4.36. The standard InChI is InChI=1S/C11H12ClNO/c1-7-8(2)14-10-6-4-3-5-9(10)11(12)13-7/h3-8H,1-2H3/t7-,8-/m0/s1. The largest absolute Gasteiger partial charge is 0.488 e. The molecule has 1 aliphatic rings. The van der Waals surface area contributed by atoms with Crippen molar-refractivity contribution in [3.05, 3.63) is 29.8 Å². The quantitative estimate of drug-likeness (QED) is 0.644. The van der Waals surface area contributed by atoms with E-state index in [0.717, 1.165) is 11.3 Å². The normalized spacial score (nSPS) is 25.8. The van der Waals surface area contributed by atoms with E-state index in [1.165, 1.54) is 0 Å². The summed E-state index contributed by atoms with van der Waals surface area (Å²) in [5.74, 6) is 0.818. The van der Waals surface area contributed by atoms with Crippen molar-refractivity contribution in [1.82, 2.24) is 0 Å². The Bertz CT molecular complexity index is 375. The molecule has 2 atom stereocenters. The zero-order valence-electron chi connectivity index (χ0n) is 8.20. The average Bonchev–Trinajstić information content (AvgIpc) is 2.27. The highest BCUT2D eigenvalue weighted by Gasteiger charge is 2.20. The van der Waals surface area contributed by atoms with E-state index in [9.17, 15) is 0 Å². The summed E-state index contributed by atoms with van der Waals surface area (Å²) in [5, 5.41) is 0.539. The Labute approximate surface area is 88.6 Å². The summed E-state index contributed by atoms with van der Waals surface area (Å²) in [5.41, 5.74) is 0.880. The molecule has 1 aliphatic heterocycles. The maximum atomic E-state index is 6.08. The fourth-order valence-electron chi connectivity index (χ4n) is 1.39. The predicted octanol–water partition coefficient (Wildman–Crippen LogP) is 2.84. The van der Waals surface area contributed by atoms with E-state index in [2.05, 4.69) is 4.99 Å². The number of aliphatic imine (C=N–C) groups is 1. The lowest BCUT2D eigenvalue weighted by atomic mass is 10.2. The van der Waals surface area contributed by atoms with Gasteiger partial charge in [0.1, 0.15) is 17.0 Å². The van der Waals surface area contributed by atoms with E-state index in [-0.39, 0.29) is 12.1 Å². The van der Waals surface area contributed by atoms with Gasteiger partial charge in [-0.3, -0.25) is 4.99 Å². The van der Waals surface area contributed by atoms with Crippen molar-refractivity contribution in [2.75, 3.05) is 0 Å². The number of benzene rings is 1. The van der Waals surface area contributed by atoms with Gasteiger partial charge in [0.2, 0.25) is 0 Å². The third-order valence-corrected chi connectivity index (χ3v) is 2.72. The van der Waals surface area contributed by atoms with E-state index < -0.39 is 0 Å². The summed E-state index contributed by atoms with van der Waals surface area (Å²) < 4.78 is 5.74. The van der Waals surface area contributed by atoms with Gasteiger partial charge in [0.25, 0.3) is 0 Å². The Kier molecular flexibility index (Phi) is 2.46. The third kappa shape index (κ3) is 1.62. The van der Waals surface area contributed by atoms with Crippen molar-refractivity contribution in [2.24, 2.45) is 4.99 Å². The van der Waals surface area contributed by atoms with Gasteiger partial charge in [0.05, 0.1) is 11.6 Å². The molecule has 3 heteroatoms. The minimum absolute atomic E-state index is 0.0624. The summed E-state index contributed by atoms with van der Waals surface area (Å²) >= 11 is 6.08. The number of fused-ring (bicyclic) bond motifs is 1. The lowest BCUT2D eigenvalue weighted by molar-refractivity contribution is 0.200.